The zero-order valence-electron chi connectivity index (χ0n) is 14.4. The van der Waals surface area contributed by atoms with Gasteiger partial charge in [-0.25, -0.2) is 0 Å². The standard InChI is InChI=1S/C20H14O7/c1-26-9-3-8-4-11-17(19(24)15(8)13(21)6-9)20(25)16-12(18(11)23)5-10(27-2)7-14(16)22/h3-7,21-22,24H,1-2H3. The van der Waals surface area contributed by atoms with Crippen LogP contribution in [0.1, 0.15) is 31.8 Å². The van der Waals surface area contributed by atoms with E-state index in [0.29, 0.717) is 11.1 Å². The summed E-state index contributed by atoms with van der Waals surface area (Å²) in [6.45, 7) is 0. The lowest BCUT2D eigenvalue weighted by atomic mass is 9.81. The second-order valence-corrected chi connectivity index (χ2v) is 6.12. The van der Waals surface area contributed by atoms with Gasteiger partial charge in [-0.2, -0.15) is 0 Å². The predicted octanol–water partition coefficient (Wildman–Crippen LogP) is 2.75. The van der Waals surface area contributed by atoms with Crippen LogP contribution in [0.25, 0.3) is 10.8 Å². The summed E-state index contributed by atoms with van der Waals surface area (Å²) in [5, 5.41) is 31.5. The normalized spacial score (nSPS) is 12.7. The lowest BCUT2D eigenvalue weighted by Crippen LogP contribution is -2.21. The second-order valence-electron chi connectivity index (χ2n) is 6.12. The molecule has 0 aromatic heterocycles. The predicted molar refractivity (Wildman–Crippen MR) is 95.4 cm³/mol. The number of phenolic OH excluding ortho intramolecular Hbond substituents is 3. The van der Waals surface area contributed by atoms with Gasteiger partial charge in [0.05, 0.1) is 30.7 Å². The van der Waals surface area contributed by atoms with Crippen molar-refractivity contribution >= 4 is 22.3 Å². The number of ketones is 2. The van der Waals surface area contributed by atoms with E-state index in [0.717, 1.165) is 0 Å². The summed E-state index contributed by atoms with van der Waals surface area (Å²) >= 11 is 0. The fourth-order valence-electron chi connectivity index (χ4n) is 3.41. The zero-order chi connectivity index (χ0) is 19.5. The topological polar surface area (TPSA) is 113 Å². The summed E-state index contributed by atoms with van der Waals surface area (Å²) in [5.74, 6) is -1.96. The van der Waals surface area contributed by atoms with Gasteiger partial charge in [0.25, 0.3) is 0 Å². The molecule has 0 spiro atoms. The van der Waals surface area contributed by atoms with E-state index in [4.69, 9.17) is 9.47 Å². The maximum Gasteiger partial charge on any atom is 0.201 e. The number of phenols is 3. The maximum atomic E-state index is 13.0. The number of aromatic hydroxyl groups is 3. The minimum absolute atomic E-state index is 0.0183. The summed E-state index contributed by atoms with van der Waals surface area (Å²) in [4.78, 5) is 25.9. The number of carbonyl (C=O) groups excluding carboxylic acids is 2. The van der Waals surface area contributed by atoms with Crippen molar-refractivity contribution in [3.8, 4) is 28.7 Å². The number of carbonyl (C=O) groups is 2. The maximum absolute atomic E-state index is 13.0. The van der Waals surface area contributed by atoms with Crippen LogP contribution in [0.2, 0.25) is 0 Å². The Bertz CT molecular complexity index is 1160. The molecule has 0 unspecified atom stereocenters. The molecule has 0 amide bonds. The molecule has 27 heavy (non-hydrogen) atoms. The molecule has 0 saturated heterocycles. The molecule has 7 heteroatoms. The van der Waals surface area contributed by atoms with E-state index in [-0.39, 0.29) is 39.1 Å². The monoisotopic (exact) mass is 366 g/mol. The molecule has 0 saturated carbocycles. The van der Waals surface area contributed by atoms with E-state index in [1.807, 2.05) is 0 Å². The number of hydrogen-bond donors (Lipinski definition) is 3. The first-order valence-corrected chi connectivity index (χ1v) is 7.94. The van der Waals surface area contributed by atoms with E-state index < -0.39 is 23.1 Å². The Morgan fingerprint density at radius 1 is 0.704 bits per heavy atom. The van der Waals surface area contributed by atoms with E-state index in [1.165, 1.54) is 44.6 Å². The van der Waals surface area contributed by atoms with Crippen molar-refractivity contribution in [2.75, 3.05) is 14.2 Å². The number of methoxy groups -OCH3 is 2. The Morgan fingerprint density at radius 3 is 1.96 bits per heavy atom. The highest BCUT2D eigenvalue weighted by Gasteiger charge is 2.36. The minimum atomic E-state index is -0.714. The van der Waals surface area contributed by atoms with Crippen molar-refractivity contribution in [3.63, 3.8) is 0 Å². The minimum Gasteiger partial charge on any atom is -0.507 e. The summed E-state index contributed by atoms with van der Waals surface area (Å²) in [7, 11) is 2.79. The van der Waals surface area contributed by atoms with Crippen LogP contribution < -0.4 is 9.47 Å². The molecule has 0 radical (unpaired) electrons. The van der Waals surface area contributed by atoms with Gasteiger partial charge in [0.1, 0.15) is 28.7 Å². The quantitative estimate of drug-likeness (QED) is 0.500. The van der Waals surface area contributed by atoms with Crippen LogP contribution in [-0.4, -0.2) is 41.1 Å². The number of ether oxygens (including phenoxy) is 2. The smallest absolute Gasteiger partial charge is 0.201 e. The fraction of sp³-hybridized carbons (Fsp3) is 0.100. The molecule has 136 valence electrons. The van der Waals surface area contributed by atoms with Gasteiger partial charge in [-0.1, -0.05) is 0 Å². The third-order valence-electron chi connectivity index (χ3n) is 4.67. The molecule has 1 aliphatic carbocycles. The van der Waals surface area contributed by atoms with Crippen LogP contribution in [0.5, 0.6) is 28.7 Å². The van der Waals surface area contributed by atoms with Gasteiger partial charge >= 0.3 is 0 Å². The molecular weight excluding hydrogens is 352 g/mol. The van der Waals surface area contributed by atoms with E-state index in [9.17, 15) is 24.9 Å². The van der Waals surface area contributed by atoms with Crippen molar-refractivity contribution in [2.45, 2.75) is 0 Å². The van der Waals surface area contributed by atoms with E-state index >= 15 is 0 Å². The van der Waals surface area contributed by atoms with Crippen LogP contribution in [-0.2, 0) is 0 Å². The van der Waals surface area contributed by atoms with Crippen molar-refractivity contribution in [1.82, 2.24) is 0 Å². The van der Waals surface area contributed by atoms with Crippen molar-refractivity contribution in [2.24, 2.45) is 0 Å². The summed E-state index contributed by atoms with van der Waals surface area (Å²) < 4.78 is 10.1. The molecule has 3 aromatic carbocycles. The van der Waals surface area contributed by atoms with Gasteiger partial charge in [0.2, 0.25) is 5.78 Å². The van der Waals surface area contributed by atoms with Crippen LogP contribution >= 0.6 is 0 Å². The largest absolute Gasteiger partial charge is 0.507 e. The fourth-order valence-corrected chi connectivity index (χ4v) is 3.41. The first kappa shape index (κ1) is 16.7. The SMILES string of the molecule is COc1cc(O)c2c(c1)C(=O)c1cc3cc(OC)cc(O)c3c(O)c1C2=O. The molecule has 0 bridgehead atoms. The second kappa shape index (κ2) is 5.63. The van der Waals surface area contributed by atoms with Crippen molar-refractivity contribution in [3.05, 3.63) is 52.6 Å². The van der Waals surface area contributed by atoms with Gasteiger partial charge in [-0.15, -0.1) is 0 Å². The highest BCUT2D eigenvalue weighted by Crippen LogP contribution is 2.45. The van der Waals surface area contributed by atoms with Gasteiger partial charge < -0.3 is 24.8 Å². The third-order valence-corrected chi connectivity index (χ3v) is 4.67. The van der Waals surface area contributed by atoms with Gasteiger partial charge in [0, 0.05) is 23.3 Å². The molecule has 3 aromatic rings. The van der Waals surface area contributed by atoms with Crippen molar-refractivity contribution in [1.29, 1.82) is 0 Å². The van der Waals surface area contributed by atoms with Crippen molar-refractivity contribution < 1.29 is 34.4 Å². The van der Waals surface area contributed by atoms with Crippen LogP contribution in [0.15, 0.2) is 30.3 Å². The summed E-state index contributed by atoms with van der Waals surface area (Å²) in [5.41, 5.74) is -0.523. The van der Waals surface area contributed by atoms with Gasteiger partial charge in [0.15, 0.2) is 5.78 Å². The van der Waals surface area contributed by atoms with Gasteiger partial charge in [-0.3, -0.25) is 9.59 Å². The number of hydrogen-bond acceptors (Lipinski definition) is 7. The lowest BCUT2D eigenvalue weighted by molar-refractivity contribution is 0.0974. The summed E-state index contributed by atoms with van der Waals surface area (Å²) in [6.07, 6.45) is 0. The Morgan fingerprint density at radius 2 is 1.30 bits per heavy atom. The molecule has 0 fully saturated rings. The van der Waals surface area contributed by atoms with E-state index in [2.05, 4.69) is 0 Å². The molecule has 0 atom stereocenters. The van der Waals surface area contributed by atoms with Crippen LogP contribution in [0.3, 0.4) is 0 Å². The lowest BCUT2D eigenvalue weighted by Gasteiger charge is -2.21. The average Bonchev–Trinajstić information content (AvgIpc) is 2.64. The highest BCUT2D eigenvalue weighted by molar-refractivity contribution is 6.32. The first-order chi connectivity index (χ1) is 12.9. The number of rotatable bonds is 2. The molecular formula is C20H14O7. The molecule has 3 N–H and O–H groups in total. The number of benzene rings is 3. The first-order valence-electron chi connectivity index (χ1n) is 7.94. The third kappa shape index (κ3) is 2.21. The van der Waals surface area contributed by atoms with Crippen LogP contribution in [0, 0.1) is 0 Å². The Balaban J connectivity index is 2.08. The summed E-state index contributed by atoms with van der Waals surface area (Å²) in [6, 6.07) is 6.81. The molecule has 7 nitrogen and oxygen atoms in total. The molecule has 1 aliphatic rings. The number of fused-ring (bicyclic) bond motifs is 3. The van der Waals surface area contributed by atoms with Gasteiger partial charge in [-0.05, 0) is 23.6 Å². The Labute approximate surface area is 153 Å². The Hall–Kier alpha value is -3.74. The Kier molecular flexibility index (Phi) is 3.49. The highest BCUT2D eigenvalue weighted by atomic mass is 16.5. The average molecular weight is 366 g/mol. The molecule has 4 rings (SSSR count). The zero-order valence-corrected chi connectivity index (χ0v) is 14.4. The van der Waals surface area contributed by atoms with Crippen LogP contribution in [0.4, 0.5) is 0 Å². The van der Waals surface area contributed by atoms with E-state index in [1.54, 1.807) is 0 Å². The molecule has 0 heterocycles. The molecule has 0 aliphatic heterocycles.